The normalized spacial score (nSPS) is 25.8. The number of amidine groups is 2. The Balaban J connectivity index is 1.87. The molecular formula is C15H27N3O2. The van der Waals surface area contributed by atoms with Gasteiger partial charge in [-0.25, -0.2) is 0 Å². The molecule has 5 heteroatoms. The molecule has 0 amide bonds. The third-order valence-electron chi connectivity index (χ3n) is 3.87. The van der Waals surface area contributed by atoms with Gasteiger partial charge in [-0.05, 0) is 26.7 Å². The molecule has 0 aromatic heterocycles. The van der Waals surface area contributed by atoms with E-state index in [9.17, 15) is 0 Å². The molecule has 2 unspecified atom stereocenters. The minimum Gasteiger partial charge on any atom is -0.380 e. The van der Waals surface area contributed by atoms with Crippen LogP contribution in [0.3, 0.4) is 0 Å². The van der Waals surface area contributed by atoms with Gasteiger partial charge in [0.2, 0.25) is 0 Å². The second-order valence-corrected chi connectivity index (χ2v) is 5.35. The van der Waals surface area contributed by atoms with Gasteiger partial charge in [0.15, 0.2) is 0 Å². The first-order chi connectivity index (χ1) is 9.74. The van der Waals surface area contributed by atoms with Crippen molar-refractivity contribution in [3.8, 4) is 0 Å². The molecule has 0 aromatic carbocycles. The van der Waals surface area contributed by atoms with Gasteiger partial charge in [-0.1, -0.05) is 0 Å². The first-order valence-corrected chi connectivity index (χ1v) is 7.77. The van der Waals surface area contributed by atoms with Crippen molar-refractivity contribution in [1.82, 2.24) is 4.90 Å². The van der Waals surface area contributed by atoms with E-state index >= 15 is 0 Å². The van der Waals surface area contributed by atoms with Crippen LogP contribution in [-0.4, -0.2) is 62.1 Å². The minimum absolute atomic E-state index is 0.327. The number of rotatable bonds is 6. The van der Waals surface area contributed by atoms with E-state index < -0.39 is 0 Å². The summed E-state index contributed by atoms with van der Waals surface area (Å²) in [5, 5.41) is 0. The Bertz CT molecular complexity index is 334. The van der Waals surface area contributed by atoms with E-state index in [1.807, 2.05) is 13.8 Å². The van der Waals surface area contributed by atoms with Crippen molar-refractivity contribution in [2.45, 2.75) is 51.6 Å². The molecule has 2 heterocycles. The van der Waals surface area contributed by atoms with Gasteiger partial charge < -0.3 is 14.4 Å². The molecule has 2 aliphatic heterocycles. The Morgan fingerprint density at radius 3 is 1.80 bits per heavy atom. The summed E-state index contributed by atoms with van der Waals surface area (Å²) >= 11 is 0. The fourth-order valence-electron chi connectivity index (χ4n) is 2.68. The molecule has 0 N–H and O–H groups in total. The highest BCUT2D eigenvalue weighted by molar-refractivity contribution is 6.01. The fourth-order valence-corrected chi connectivity index (χ4v) is 2.68. The van der Waals surface area contributed by atoms with E-state index in [1.165, 1.54) is 0 Å². The lowest BCUT2D eigenvalue weighted by Gasteiger charge is -2.18. The average Bonchev–Trinajstić information content (AvgIpc) is 3.11. The first-order valence-electron chi connectivity index (χ1n) is 7.77. The summed E-state index contributed by atoms with van der Waals surface area (Å²) in [6.45, 7) is 7.07. The molecule has 114 valence electrons. The predicted molar refractivity (Wildman–Crippen MR) is 81.7 cm³/mol. The molecule has 0 bridgehead atoms. The standard InChI is InChI=1S/C15H27N3O2/c1-4-19-10-12-6-8-14(16-12)18(3)15-9-7-13(17-15)11-20-5-2/h12-13H,4-11H2,1-3H3. The molecule has 0 aliphatic carbocycles. The molecule has 0 radical (unpaired) electrons. The van der Waals surface area contributed by atoms with Crippen molar-refractivity contribution in [3.63, 3.8) is 0 Å². The Morgan fingerprint density at radius 2 is 1.40 bits per heavy atom. The van der Waals surface area contributed by atoms with Crippen LogP contribution in [0.5, 0.6) is 0 Å². The van der Waals surface area contributed by atoms with Crippen molar-refractivity contribution in [3.05, 3.63) is 0 Å². The summed E-state index contributed by atoms with van der Waals surface area (Å²) in [4.78, 5) is 11.7. The quantitative estimate of drug-likeness (QED) is 0.749. The zero-order chi connectivity index (χ0) is 14.4. The van der Waals surface area contributed by atoms with Crippen LogP contribution < -0.4 is 0 Å². The zero-order valence-corrected chi connectivity index (χ0v) is 13.0. The van der Waals surface area contributed by atoms with Crippen LogP contribution in [0.2, 0.25) is 0 Å². The smallest absolute Gasteiger partial charge is 0.104 e. The molecular weight excluding hydrogens is 254 g/mol. The average molecular weight is 281 g/mol. The molecule has 2 aliphatic rings. The Morgan fingerprint density at radius 1 is 0.950 bits per heavy atom. The number of nitrogens with zero attached hydrogens (tertiary/aromatic N) is 3. The molecule has 2 rings (SSSR count). The van der Waals surface area contributed by atoms with Gasteiger partial charge in [-0.2, -0.15) is 0 Å². The van der Waals surface area contributed by atoms with Crippen LogP contribution in [0.1, 0.15) is 39.5 Å². The second-order valence-electron chi connectivity index (χ2n) is 5.35. The lowest BCUT2D eigenvalue weighted by atomic mass is 10.2. The molecule has 0 fully saturated rings. The zero-order valence-electron chi connectivity index (χ0n) is 13.0. The highest BCUT2D eigenvalue weighted by Crippen LogP contribution is 2.20. The van der Waals surface area contributed by atoms with Gasteiger partial charge in [0, 0.05) is 33.1 Å². The number of hydrogen-bond acceptors (Lipinski definition) is 5. The third-order valence-corrected chi connectivity index (χ3v) is 3.87. The molecule has 0 aromatic rings. The van der Waals surface area contributed by atoms with Crippen molar-refractivity contribution >= 4 is 11.7 Å². The van der Waals surface area contributed by atoms with Gasteiger partial charge in [0.1, 0.15) is 11.7 Å². The van der Waals surface area contributed by atoms with Crippen LogP contribution in [0.25, 0.3) is 0 Å². The highest BCUT2D eigenvalue weighted by atomic mass is 16.5. The van der Waals surface area contributed by atoms with E-state index in [0.717, 1.165) is 63.8 Å². The number of ether oxygens (including phenoxy) is 2. The Labute approximate surface area is 122 Å². The summed E-state index contributed by atoms with van der Waals surface area (Å²) in [5.74, 6) is 2.32. The maximum absolute atomic E-state index is 5.46. The lowest BCUT2D eigenvalue weighted by Crippen LogP contribution is -2.30. The topological polar surface area (TPSA) is 46.4 Å². The second kappa shape index (κ2) is 7.74. The summed E-state index contributed by atoms with van der Waals surface area (Å²) in [6.07, 6.45) is 4.25. The first kappa shape index (κ1) is 15.4. The number of hydrogen-bond donors (Lipinski definition) is 0. The molecule has 0 spiro atoms. The van der Waals surface area contributed by atoms with Gasteiger partial charge in [-0.15, -0.1) is 0 Å². The van der Waals surface area contributed by atoms with E-state index in [1.54, 1.807) is 0 Å². The van der Waals surface area contributed by atoms with Gasteiger partial charge in [0.05, 0.1) is 25.3 Å². The molecule has 20 heavy (non-hydrogen) atoms. The monoisotopic (exact) mass is 281 g/mol. The highest BCUT2D eigenvalue weighted by Gasteiger charge is 2.26. The summed E-state index contributed by atoms with van der Waals surface area (Å²) in [5.41, 5.74) is 0. The van der Waals surface area contributed by atoms with Gasteiger partial charge in [0.25, 0.3) is 0 Å². The van der Waals surface area contributed by atoms with Crippen molar-refractivity contribution in [2.75, 3.05) is 33.5 Å². The van der Waals surface area contributed by atoms with E-state index in [4.69, 9.17) is 19.5 Å². The minimum atomic E-state index is 0.327. The van der Waals surface area contributed by atoms with Crippen molar-refractivity contribution < 1.29 is 9.47 Å². The lowest BCUT2D eigenvalue weighted by molar-refractivity contribution is 0.134. The van der Waals surface area contributed by atoms with Crippen LogP contribution in [0.4, 0.5) is 0 Å². The van der Waals surface area contributed by atoms with E-state index in [2.05, 4.69) is 11.9 Å². The molecule has 0 saturated carbocycles. The van der Waals surface area contributed by atoms with Gasteiger partial charge in [-0.3, -0.25) is 9.98 Å². The summed E-state index contributed by atoms with van der Waals surface area (Å²) < 4.78 is 10.9. The van der Waals surface area contributed by atoms with Gasteiger partial charge >= 0.3 is 0 Å². The SMILES string of the molecule is CCOCC1CCC(N(C)C2=NC(COCC)CC2)=N1. The maximum Gasteiger partial charge on any atom is 0.104 e. The fraction of sp³-hybridized carbons (Fsp3) is 0.867. The Hall–Kier alpha value is -0.940. The van der Waals surface area contributed by atoms with Crippen LogP contribution in [0, 0.1) is 0 Å². The number of aliphatic imine (C=N–C) groups is 2. The molecule has 5 nitrogen and oxygen atoms in total. The molecule has 0 saturated heterocycles. The summed E-state index contributed by atoms with van der Waals surface area (Å²) in [6, 6.07) is 0.655. The largest absolute Gasteiger partial charge is 0.380 e. The van der Waals surface area contributed by atoms with Crippen molar-refractivity contribution in [2.24, 2.45) is 9.98 Å². The van der Waals surface area contributed by atoms with Crippen molar-refractivity contribution in [1.29, 1.82) is 0 Å². The van der Waals surface area contributed by atoms with Crippen LogP contribution in [-0.2, 0) is 9.47 Å². The van der Waals surface area contributed by atoms with E-state index in [-0.39, 0.29) is 0 Å². The summed E-state index contributed by atoms with van der Waals surface area (Å²) in [7, 11) is 2.09. The van der Waals surface area contributed by atoms with Crippen LogP contribution >= 0.6 is 0 Å². The third kappa shape index (κ3) is 4.03. The molecule has 2 atom stereocenters. The maximum atomic E-state index is 5.46. The van der Waals surface area contributed by atoms with Crippen LogP contribution in [0.15, 0.2) is 9.98 Å². The Kier molecular flexibility index (Phi) is 5.98. The van der Waals surface area contributed by atoms with E-state index in [0.29, 0.717) is 12.1 Å². The predicted octanol–water partition coefficient (Wildman–Crippen LogP) is 2.11.